The number of hydrogen-bond donors (Lipinski definition) is 0. The smallest absolute Gasteiger partial charge is 0.226 e. The maximum atomic E-state index is 12.9. The first-order valence-corrected chi connectivity index (χ1v) is 11.4. The number of carbonyl (C=O) groups is 1. The number of anilines is 1. The number of hydrogen-bond acceptors (Lipinski definition) is 5. The summed E-state index contributed by atoms with van der Waals surface area (Å²) >= 11 is 7.41. The first-order chi connectivity index (χ1) is 13.6. The molecule has 0 spiro atoms. The van der Waals surface area contributed by atoms with Crippen LogP contribution in [-0.2, 0) is 11.2 Å². The van der Waals surface area contributed by atoms with Gasteiger partial charge in [0.05, 0.1) is 0 Å². The Morgan fingerprint density at radius 1 is 1.18 bits per heavy atom. The molecule has 1 amide bonds. The van der Waals surface area contributed by atoms with Crippen molar-refractivity contribution in [3.8, 4) is 0 Å². The van der Waals surface area contributed by atoms with Crippen LogP contribution < -0.4 is 4.90 Å². The zero-order valence-electron chi connectivity index (χ0n) is 16.3. The van der Waals surface area contributed by atoms with Crippen molar-refractivity contribution in [2.45, 2.75) is 51.5 Å². The van der Waals surface area contributed by atoms with E-state index in [9.17, 15) is 4.79 Å². The number of nitrogens with zero attached hydrogens (tertiary/aromatic N) is 4. The minimum atomic E-state index is 0.215. The third kappa shape index (κ3) is 4.49. The third-order valence-corrected chi connectivity index (χ3v) is 6.94. The van der Waals surface area contributed by atoms with E-state index in [-0.39, 0.29) is 12.0 Å². The fraction of sp³-hybridized carbons (Fsp3) is 0.571. The molecule has 0 N–H and O–H groups in total. The number of aromatic nitrogens is 2. The Hall–Kier alpha value is -1.66. The van der Waals surface area contributed by atoms with Crippen LogP contribution in [0.5, 0.6) is 0 Å². The SMILES string of the molecule is CC1CN(c2nc(Cc3ccc(Cl)cc3)ns2)CCN1C(=O)C1CCCCC1. The highest BCUT2D eigenvalue weighted by atomic mass is 35.5. The zero-order chi connectivity index (χ0) is 19.5. The van der Waals surface area contributed by atoms with Gasteiger partial charge in [0.1, 0.15) is 5.82 Å². The van der Waals surface area contributed by atoms with Gasteiger partial charge in [-0.3, -0.25) is 4.79 Å². The van der Waals surface area contributed by atoms with Gasteiger partial charge in [-0.2, -0.15) is 4.37 Å². The largest absolute Gasteiger partial charge is 0.343 e. The summed E-state index contributed by atoms with van der Waals surface area (Å²) in [5.74, 6) is 1.46. The molecule has 0 radical (unpaired) electrons. The lowest BCUT2D eigenvalue weighted by Gasteiger charge is -2.41. The van der Waals surface area contributed by atoms with Crippen LogP contribution >= 0.6 is 23.1 Å². The van der Waals surface area contributed by atoms with Crippen LogP contribution in [0.4, 0.5) is 5.13 Å². The van der Waals surface area contributed by atoms with Crippen molar-refractivity contribution in [2.24, 2.45) is 5.92 Å². The molecule has 1 aromatic heterocycles. The maximum absolute atomic E-state index is 12.9. The molecule has 1 atom stereocenters. The molecule has 7 heteroatoms. The summed E-state index contributed by atoms with van der Waals surface area (Å²) in [6, 6.07) is 8.04. The van der Waals surface area contributed by atoms with E-state index >= 15 is 0 Å². The van der Waals surface area contributed by atoms with Gasteiger partial charge in [-0.15, -0.1) is 0 Å². The van der Waals surface area contributed by atoms with Crippen molar-refractivity contribution >= 4 is 34.2 Å². The normalized spacial score (nSPS) is 21.1. The molecule has 1 aliphatic carbocycles. The molecule has 28 heavy (non-hydrogen) atoms. The molecule has 2 aromatic rings. The Morgan fingerprint density at radius 3 is 2.64 bits per heavy atom. The summed E-state index contributed by atoms with van der Waals surface area (Å²) < 4.78 is 4.54. The van der Waals surface area contributed by atoms with Crippen LogP contribution in [0, 0.1) is 5.92 Å². The van der Waals surface area contributed by atoms with Gasteiger partial charge in [-0.1, -0.05) is 43.0 Å². The van der Waals surface area contributed by atoms with Gasteiger partial charge in [-0.05, 0) is 37.5 Å². The Balaban J connectivity index is 1.35. The Morgan fingerprint density at radius 2 is 1.93 bits per heavy atom. The van der Waals surface area contributed by atoms with Gasteiger partial charge >= 0.3 is 0 Å². The van der Waals surface area contributed by atoms with Crippen molar-refractivity contribution in [3.05, 3.63) is 40.7 Å². The second-order valence-corrected chi connectivity index (χ2v) is 9.12. The molecule has 5 nitrogen and oxygen atoms in total. The summed E-state index contributed by atoms with van der Waals surface area (Å²) in [6.45, 7) is 4.59. The summed E-state index contributed by atoms with van der Waals surface area (Å²) in [5, 5.41) is 1.70. The molecule has 1 aromatic carbocycles. The van der Waals surface area contributed by atoms with E-state index < -0.39 is 0 Å². The predicted molar refractivity (Wildman–Crippen MR) is 114 cm³/mol. The van der Waals surface area contributed by atoms with E-state index in [0.29, 0.717) is 12.3 Å². The van der Waals surface area contributed by atoms with Crippen LogP contribution in [0.25, 0.3) is 0 Å². The Kier molecular flexibility index (Phi) is 6.16. The van der Waals surface area contributed by atoms with Crippen molar-refractivity contribution < 1.29 is 4.79 Å². The van der Waals surface area contributed by atoms with Gasteiger partial charge in [0.2, 0.25) is 11.0 Å². The minimum Gasteiger partial charge on any atom is -0.343 e. The van der Waals surface area contributed by atoms with E-state index in [0.717, 1.165) is 54.0 Å². The number of carbonyl (C=O) groups excluding carboxylic acids is 1. The van der Waals surface area contributed by atoms with Gasteiger partial charge in [0.15, 0.2) is 0 Å². The average molecular weight is 419 g/mol. The lowest BCUT2D eigenvalue weighted by molar-refractivity contribution is -0.139. The highest BCUT2D eigenvalue weighted by Gasteiger charge is 2.33. The molecular weight excluding hydrogens is 392 g/mol. The summed E-state index contributed by atoms with van der Waals surface area (Å²) in [6.07, 6.45) is 6.52. The zero-order valence-corrected chi connectivity index (χ0v) is 17.9. The standard InChI is InChI=1S/C21H27ClN4OS/c1-15-14-25(11-12-26(15)20(27)17-5-3-2-4-6-17)21-23-19(24-28-21)13-16-7-9-18(22)10-8-16/h7-10,15,17H,2-6,11-14H2,1H3. The third-order valence-electron chi connectivity index (χ3n) is 5.87. The summed E-state index contributed by atoms with van der Waals surface area (Å²) in [7, 11) is 0. The molecule has 1 saturated heterocycles. The Bertz CT molecular complexity index is 803. The van der Waals surface area contributed by atoms with Crippen molar-refractivity contribution in [1.82, 2.24) is 14.3 Å². The van der Waals surface area contributed by atoms with E-state index in [1.807, 2.05) is 24.3 Å². The van der Waals surface area contributed by atoms with Crippen LogP contribution in [-0.4, -0.2) is 45.8 Å². The van der Waals surface area contributed by atoms with Crippen LogP contribution in [0.1, 0.15) is 50.4 Å². The average Bonchev–Trinajstić information content (AvgIpc) is 3.18. The second kappa shape index (κ2) is 8.78. The number of benzene rings is 1. The van der Waals surface area contributed by atoms with Gasteiger partial charge in [0.25, 0.3) is 0 Å². The van der Waals surface area contributed by atoms with Crippen molar-refractivity contribution in [2.75, 3.05) is 24.5 Å². The van der Waals surface area contributed by atoms with Crippen LogP contribution in [0.3, 0.4) is 0 Å². The minimum absolute atomic E-state index is 0.215. The van der Waals surface area contributed by atoms with E-state index in [1.54, 1.807) is 0 Å². The Labute approximate surface area is 175 Å². The fourth-order valence-corrected chi connectivity index (χ4v) is 5.12. The second-order valence-electron chi connectivity index (χ2n) is 7.96. The van der Waals surface area contributed by atoms with E-state index in [2.05, 4.69) is 21.1 Å². The highest BCUT2D eigenvalue weighted by molar-refractivity contribution is 7.09. The number of rotatable bonds is 4. The number of amides is 1. The molecule has 0 bridgehead atoms. The van der Waals surface area contributed by atoms with E-state index in [4.69, 9.17) is 16.6 Å². The molecule has 1 unspecified atom stereocenters. The van der Waals surface area contributed by atoms with Crippen molar-refractivity contribution in [1.29, 1.82) is 0 Å². The predicted octanol–water partition coefficient (Wildman–Crippen LogP) is 4.40. The first-order valence-electron chi connectivity index (χ1n) is 10.2. The van der Waals surface area contributed by atoms with Crippen LogP contribution in [0.15, 0.2) is 24.3 Å². The van der Waals surface area contributed by atoms with Gasteiger partial charge < -0.3 is 9.80 Å². The fourth-order valence-electron chi connectivity index (χ4n) is 4.27. The monoisotopic (exact) mass is 418 g/mol. The lowest BCUT2D eigenvalue weighted by Crippen LogP contribution is -2.55. The van der Waals surface area contributed by atoms with Gasteiger partial charge in [0, 0.05) is 54.6 Å². The first kappa shape index (κ1) is 19.6. The number of piperazine rings is 1. The molecule has 1 saturated carbocycles. The highest BCUT2D eigenvalue weighted by Crippen LogP contribution is 2.28. The molecule has 2 fully saturated rings. The maximum Gasteiger partial charge on any atom is 0.226 e. The molecular formula is C21H27ClN4OS. The molecule has 150 valence electrons. The van der Waals surface area contributed by atoms with Crippen molar-refractivity contribution in [3.63, 3.8) is 0 Å². The van der Waals surface area contributed by atoms with Gasteiger partial charge in [-0.25, -0.2) is 4.98 Å². The summed E-state index contributed by atoms with van der Waals surface area (Å²) in [5.41, 5.74) is 1.16. The molecule has 1 aliphatic heterocycles. The topological polar surface area (TPSA) is 49.3 Å². The number of halogens is 1. The van der Waals surface area contributed by atoms with Crippen LogP contribution in [0.2, 0.25) is 5.02 Å². The molecule has 2 heterocycles. The quantitative estimate of drug-likeness (QED) is 0.738. The van der Waals surface area contributed by atoms with E-state index in [1.165, 1.54) is 30.8 Å². The summed E-state index contributed by atoms with van der Waals surface area (Å²) in [4.78, 5) is 22.0. The molecule has 4 rings (SSSR count). The molecule has 2 aliphatic rings. The lowest BCUT2D eigenvalue weighted by atomic mass is 9.88.